The highest BCUT2D eigenvalue weighted by Gasteiger charge is 2.32. The van der Waals surface area contributed by atoms with Crippen molar-refractivity contribution in [2.45, 2.75) is 44.5 Å². The molecule has 31 heavy (non-hydrogen) atoms. The lowest BCUT2D eigenvalue weighted by Gasteiger charge is -2.34. The highest BCUT2D eigenvalue weighted by molar-refractivity contribution is 7.89. The Bertz CT molecular complexity index is 1190. The molecule has 1 aromatic carbocycles. The van der Waals surface area contributed by atoms with Crippen molar-refractivity contribution in [3.8, 4) is 0 Å². The maximum atomic E-state index is 12.9. The Labute approximate surface area is 181 Å². The second-order valence-electron chi connectivity index (χ2n) is 7.88. The fourth-order valence-electron chi connectivity index (χ4n) is 3.69. The van der Waals surface area contributed by atoms with Gasteiger partial charge in [-0.1, -0.05) is 6.07 Å². The number of benzene rings is 1. The van der Waals surface area contributed by atoms with Gasteiger partial charge in [0.2, 0.25) is 10.0 Å². The van der Waals surface area contributed by atoms with Gasteiger partial charge in [-0.2, -0.15) is 4.31 Å². The van der Waals surface area contributed by atoms with Gasteiger partial charge in [-0.3, -0.25) is 0 Å². The molecular formula is C22H25N3O5S. The van der Waals surface area contributed by atoms with E-state index in [2.05, 4.69) is 4.98 Å². The first-order valence-corrected chi connectivity index (χ1v) is 11.5. The largest absolute Gasteiger partial charge is 0.456 e. The number of pyridine rings is 1. The first kappa shape index (κ1) is 21.5. The van der Waals surface area contributed by atoms with E-state index in [1.165, 1.54) is 28.6 Å². The number of fused-ring (bicyclic) bond motifs is 1. The minimum atomic E-state index is -3.66. The van der Waals surface area contributed by atoms with E-state index in [9.17, 15) is 13.2 Å². The number of morpholine rings is 1. The van der Waals surface area contributed by atoms with Crippen LogP contribution in [0.15, 0.2) is 53.7 Å². The van der Waals surface area contributed by atoms with E-state index in [1.54, 1.807) is 0 Å². The van der Waals surface area contributed by atoms with Crippen molar-refractivity contribution in [2.24, 2.45) is 0 Å². The molecule has 0 N–H and O–H groups in total. The number of sulfonamides is 1. The molecule has 3 heterocycles. The molecule has 4 rings (SSSR count). The Morgan fingerprint density at radius 1 is 1.10 bits per heavy atom. The van der Waals surface area contributed by atoms with E-state index >= 15 is 0 Å². The Hall–Kier alpha value is -2.75. The van der Waals surface area contributed by atoms with Gasteiger partial charge >= 0.3 is 5.97 Å². The molecule has 8 nitrogen and oxygen atoms in total. The zero-order valence-corrected chi connectivity index (χ0v) is 18.5. The third-order valence-corrected chi connectivity index (χ3v) is 6.96. The van der Waals surface area contributed by atoms with Crippen LogP contribution in [0.2, 0.25) is 0 Å². The molecule has 0 spiro atoms. The van der Waals surface area contributed by atoms with Gasteiger partial charge in [0.05, 0.1) is 28.4 Å². The Kier molecular flexibility index (Phi) is 5.83. The number of hydrogen-bond acceptors (Lipinski definition) is 6. The maximum absolute atomic E-state index is 12.9. The molecule has 0 unspecified atom stereocenters. The van der Waals surface area contributed by atoms with Gasteiger partial charge in [0.25, 0.3) is 0 Å². The van der Waals surface area contributed by atoms with Crippen LogP contribution in [0.5, 0.6) is 0 Å². The second-order valence-corrected chi connectivity index (χ2v) is 9.82. The van der Waals surface area contributed by atoms with E-state index < -0.39 is 16.0 Å². The molecule has 164 valence electrons. The van der Waals surface area contributed by atoms with E-state index in [4.69, 9.17) is 9.47 Å². The maximum Gasteiger partial charge on any atom is 0.338 e. The molecule has 0 radical (unpaired) electrons. The summed E-state index contributed by atoms with van der Waals surface area (Å²) >= 11 is 0. The number of aryl methyl sites for hydroxylation is 1. The molecule has 2 aromatic heterocycles. The number of hydrogen-bond donors (Lipinski definition) is 0. The summed E-state index contributed by atoms with van der Waals surface area (Å²) in [6.07, 6.45) is 3.42. The summed E-state index contributed by atoms with van der Waals surface area (Å²) in [6.45, 7) is 6.32. The highest BCUT2D eigenvalue weighted by atomic mass is 32.2. The summed E-state index contributed by atoms with van der Waals surface area (Å²) in [7, 11) is -3.66. The number of carbonyl (C=O) groups excluding carboxylic acids is 1. The fourth-order valence-corrected chi connectivity index (χ4v) is 5.28. The van der Waals surface area contributed by atoms with Gasteiger partial charge in [0.15, 0.2) is 0 Å². The fraction of sp³-hybridized carbons (Fsp3) is 0.364. The van der Waals surface area contributed by atoms with E-state index in [-0.39, 0.29) is 29.3 Å². The van der Waals surface area contributed by atoms with Crippen molar-refractivity contribution >= 4 is 21.6 Å². The predicted octanol–water partition coefficient (Wildman–Crippen LogP) is 2.80. The lowest BCUT2D eigenvalue weighted by atomic mass is 10.2. The van der Waals surface area contributed by atoms with Crippen molar-refractivity contribution < 1.29 is 22.7 Å². The van der Waals surface area contributed by atoms with E-state index in [0.717, 1.165) is 11.2 Å². The van der Waals surface area contributed by atoms with Crippen LogP contribution < -0.4 is 0 Å². The Morgan fingerprint density at radius 3 is 2.45 bits per heavy atom. The third kappa shape index (κ3) is 4.63. The van der Waals surface area contributed by atoms with Crippen molar-refractivity contribution in [1.82, 2.24) is 13.7 Å². The predicted molar refractivity (Wildman–Crippen MR) is 114 cm³/mol. The first-order chi connectivity index (χ1) is 14.7. The molecule has 1 saturated heterocycles. The number of carbonyl (C=O) groups is 1. The number of esters is 1. The van der Waals surface area contributed by atoms with Gasteiger partial charge < -0.3 is 13.9 Å². The van der Waals surface area contributed by atoms with Crippen LogP contribution in [0.1, 0.15) is 35.5 Å². The standard InChI is InChI=1S/C22H25N3O5S/c1-15-4-9-21-23-19(13-24(21)10-15)14-29-22(26)18-5-7-20(8-6-18)31(27,28)25-11-16(2)30-17(3)12-25/h4-10,13,16-17H,11-12,14H2,1-3H3/t16-,17-/m0/s1. The van der Waals surface area contributed by atoms with Crippen molar-refractivity contribution in [3.63, 3.8) is 0 Å². The number of imidazole rings is 1. The zero-order chi connectivity index (χ0) is 22.2. The van der Waals surface area contributed by atoms with Gasteiger partial charge in [0.1, 0.15) is 12.3 Å². The summed E-state index contributed by atoms with van der Waals surface area (Å²) in [5, 5.41) is 0. The normalized spacial score (nSPS) is 20.1. The number of nitrogens with zero attached hydrogens (tertiary/aromatic N) is 3. The molecular weight excluding hydrogens is 418 g/mol. The molecule has 3 aromatic rings. The number of ether oxygens (including phenoxy) is 2. The highest BCUT2D eigenvalue weighted by Crippen LogP contribution is 2.22. The van der Waals surface area contributed by atoms with Crippen LogP contribution in [-0.2, 0) is 26.1 Å². The van der Waals surface area contributed by atoms with Crippen LogP contribution >= 0.6 is 0 Å². The van der Waals surface area contributed by atoms with Gasteiger partial charge in [-0.15, -0.1) is 0 Å². The SMILES string of the molecule is Cc1ccc2nc(COC(=O)c3ccc(S(=O)(=O)N4C[C@H](C)O[C@@H](C)C4)cc3)cn2c1. The Balaban J connectivity index is 1.42. The molecule has 0 saturated carbocycles. The Morgan fingerprint density at radius 2 is 1.77 bits per heavy atom. The van der Waals surface area contributed by atoms with Crippen LogP contribution in [0.25, 0.3) is 5.65 Å². The minimum absolute atomic E-state index is 0.0309. The molecule has 0 aliphatic carbocycles. The zero-order valence-electron chi connectivity index (χ0n) is 17.7. The average Bonchev–Trinajstić information content (AvgIpc) is 3.13. The van der Waals surface area contributed by atoms with Crippen LogP contribution in [0.3, 0.4) is 0 Å². The van der Waals surface area contributed by atoms with Crippen LogP contribution in [-0.4, -0.2) is 53.4 Å². The van der Waals surface area contributed by atoms with Gasteiger partial charge in [-0.05, 0) is 56.7 Å². The van der Waals surface area contributed by atoms with Gasteiger partial charge in [0, 0.05) is 25.5 Å². The summed E-state index contributed by atoms with van der Waals surface area (Å²) in [5.74, 6) is -0.536. The van der Waals surface area contributed by atoms with Crippen LogP contribution in [0, 0.1) is 6.92 Å². The van der Waals surface area contributed by atoms with E-state index in [0.29, 0.717) is 18.8 Å². The molecule has 0 bridgehead atoms. The van der Waals surface area contributed by atoms with Crippen LogP contribution in [0.4, 0.5) is 0 Å². The van der Waals surface area contributed by atoms with Crippen molar-refractivity contribution in [3.05, 3.63) is 65.6 Å². The molecule has 1 aliphatic heterocycles. The minimum Gasteiger partial charge on any atom is -0.456 e. The first-order valence-electron chi connectivity index (χ1n) is 10.1. The van der Waals surface area contributed by atoms with E-state index in [1.807, 2.05) is 49.7 Å². The third-order valence-electron chi connectivity index (χ3n) is 5.11. The summed E-state index contributed by atoms with van der Waals surface area (Å²) in [5.41, 5.74) is 2.79. The molecule has 1 fully saturated rings. The molecule has 0 amide bonds. The number of rotatable bonds is 5. The summed E-state index contributed by atoms with van der Waals surface area (Å²) in [4.78, 5) is 17.0. The lowest BCUT2D eigenvalue weighted by molar-refractivity contribution is -0.0440. The summed E-state index contributed by atoms with van der Waals surface area (Å²) < 4.78 is 40.1. The molecule has 1 aliphatic rings. The molecule has 2 atom stereocenters. The average molecular weight is 444 g/mol. The molecule has 9 heteroatoms. The van der Waals surface area contributed by atoms with Gasteiger partial charge in [-0.25, -0.2) is 18.2 Å². The smallest absolute Gasteiger partial charge is 0.338 e. The monoisotopic (exact) mass is 443 g/mol. The summed E-state index contributed by atoms with van der Waals surface area (Å²) in [6, 6.07) is 9.67. The second kappa shape index (κ2) is 8.41. The van der Waals surface area contributed by atoms with Crippen molar-refractivity contribution in [2.75, 3.05) is 13.1 Å². The van der Waals surface area contributed by atoms with Crippen molar-refractivity contribution in [1.29, 1.82) is 0 Å². The lowest BCUT2D eigenvalue weighted by Crippen LogP contribution is -2.48. The quantitative estimate of drug-likeness (QED) is 0.564. The topological polar surface area (TPSA) is 90.2 Å². The number of aromatic nitrogens is 2.